The molecule has 2 aromatic carbocycles. The lowest BCUT2D eigenvalue weighted by Crippen LogP contribution is -1.83. The molecule has 5 heteroatoms. The maximum absolute atomic E-state index is 9.34. The van der Waals surface area contributed by atoms with Gasteiger partial charge >= 0.3 is 0 Å². The van der Waals surface area contributed by atoms with Gasteiger partial charge in [-0.05, 0) is 30.3 Å². The van der Waals surface area contributed by atoms with E-state index < -0.39 is 0 Å². The molecule has 2 nitrogen and oxygen atoms in total. The van der Waals surface area contributed by atoms with Crippen molar-refractivity contribution in [3.8, 4) is 22.6 Å². The van der Waals surface area contributed by atoms with Crippen LogP contribution in [0.3, 0.4) is 0 Å². The molecule has 2 aromatic rings. The SMILES string of the molecule is Oc1ccc(-c2c(Cl)cc(O)cc2Cl)c(Cl)c1. The fourth-order valence-electron chi connectivity index (χ4n) is 1.52. The summed E-state index contributed by atoms with van der Waals surface area (Å²) in [4.78, 5) is 0. The zero-order valence-electron chi connectivity index (χ0n) is 8.42. The quantitative estimate of drug-likeness (QED) is 0.797. The maximum atomic E-state index is 9.34. The summed E-state index contributed by atoms with van der Waals surface area (Å²) in [6.07, 6.45) is 0. The summed E-state index contributed by atoms with van der Waals surface area (Å²) in [5, 5.41) is 19.5. The Bertz CT molecular complexity index is 559. The lowest BCUT2D eigenvalue weighted by molar-refractivity contribution is 0.474. The van der Waals surface area contributed by atoms with E-state index >= 15 is 0 Å². The van der Waals surface area contributed by atoms with Crippen molar-refractivity contribution < 1.29 is 10.2 Å². The van der Waals surface area contributed by atoms with Gasteiger partial charge in [-0.15, -0.1) is 0 Å². The first-order valence-corrected chi connectivity index (χ1v) is 5.79. The summed E-state index contributed by atoms with van der Waals surface area (Å²) < 4.78 is 0. The van der Waals surface area contributed by atoms with Crippen LogP contribution in [0, 0.1) is 0 Å². The zero-order valence-corrected chi connectivity index (χ0v) is 10.7. The van der Waals surface area contributed by atoms with Crippen molar-refractivity contribution in [3.05, 3.63) is 45.4 Å². The molecule has 0 amide bonds. The van der Waals surface area contributed by atoms with Crippen LogP contribution in [0.4, 0.5) is 0 Å². The normalized spacial score (nSPS) is 10.5. The highest BCUT2D eigenvalue weighted by Gasteiger charge is 2.13. The predicted octanol–water partition coefficient (Wildman–Crippen LogP) is 4.73. The highest BCUT2D eigenvalue weighted by atomic mass is 35.5. The first kappa shape index (κ1) is 12.4. The molecule has 0 aliphatic heterocycles. The van der Waals surface area contributed by atoms with Crippen molar-refractivity contribution in [1.29, 1.82) is 0 Å². The fraction of sp³-hybridized carbons (Fsp3) is 0. The number of hydrogen-bond acceptors (Lipinski definition) is 2. The Morgan fingerprint density at radius 1 is 0.706 bits per heavy atom. The van der Waals surface area contributed by atoms with Crippen LogP contribution in [0.15, 0.2) is 30.3 Å². The van der Waals surface area contributed by atoms with Gasteiger partial charge in [0.2, 0.25) is 0 Å². The molecular formula is C12H7Cl3O2. The van der Waals surface area contributed by atoms with Crippen LogP contribution in [-0.2, 0) is 0 Å². The molecule has 0 saturated carbocycles. The van der Waals surface area contributed by atoms with Gasteiger partial charge in [0.1, 0.15) is 11.5 Å². The van der Waals surface area contributed by atoms with E-state index in [-0.39, 0.29) is 11.5 Å². The minimum atomic E-state index is -0.0151. The third-order valence-electron chi connectivity index (χ3n) is 2.25. The summed E-state index contributed by atoms with van der Waals surface area (Å²) >= 11 is 18.0. The minimum Gasteiger partial charge on any atom is -0.508 e. The van der Waals surface area contributed by atoms with E-state index in [0.29, 0.717) is 26.2 Å². The van der Waals surface area contributed by atoms with Gasteiger partial charge in [0.15, 0.2) is 0 Å². The molecule has 0 radical (unpaired) electrons. The highest BCUT2D eigenvalue weighted by Crippen LogP contribution is 2.41. The molecule has 0 fully saturated rings. The number of hydrogen-bond donors (Lipinski definition) is 2. The Morgan fingerprint density at radius 3 is 1.76 bits per heavy atom. The molecule has 88 valence electrons. The van der Waals surface area contributed by atoms with Gasteiger partial charge in [0.05, 0.1) is 15.1 Å². The molecule has 0 spiro atoms. The second-order valence-electron chi connectivity index (χ2n) is 3.45. The van der Waals surface area contributed by atoms with Crippen molar-refractivity contribution in [3.63, 3.8) is 0 Å². The largest absolute Gasteiger partial charge is 0.508 e. The average molecular weight is 290 g/mol. The van der Waals surface area contributed by atoms with Crippen LogP contribution in [-0.4, -0.2) is 10.2 Å². The molecular weight excluding hydrogens is 282 g/mol. The molecule has 0 bridgehead atoms. The average Bonchev–Trinajstić information content (AvgIpc) is 2.19. The van der Waals surface area contributed by atoms with Crippen molar-refractivity contribution in [2.45, 2.75) is 0 Å². The van der Waals surface area contributed by atoms with E-state index in [1.807, 2.05) is 0 Å². The maximum Gasteiger partial charge on any atom is 0.118 e. The van der Waals surface area contributed by atoms with Crippen molar-refractivity contribution in [2.24, 2.45) is 0 Å². The van der Waals surface area contributed by atoms with E-state index in [2.05, 4.69) is 0 Å². The minimum absolute atomic E-state index is 0.0151. The van der Waals surface area contributed by atoms with E-state index in [1.165, 1.54) is 24.3 Å². The molecule has 0 saturated heterocycles. The van der Waals surface area contributed by atoms with E-state index in [0.717, 1.165) is 0 Å². The highest BCUT2D eigenvalue weighted by molar-refractivity contribution is 6.41. The number of phenolic OH excluding ortho intramolecular Hbond substituents is 2. The predicted molar refractivity (Wildman–Crippen MR) is 70.2 cm³/mol. The Balaban J connectivity index is 2.68. The molecule has 0 atom stereocenters. The molecule has 17 heavy (non-hydrogen) atoms. The molecule has 0 aliphatic rings. The smallest absolute Gasteiger partial charge is 0.118 e. The van der Waals surface area contributed by atoms with Crippen LogP contribution in [0.1, 0.15) is 0 Å². The number of halogens is 3. The Labute approximate surface area is 113 Å². The van der Waals surface area contributed by atoms with Gasteiger partial charge < -0.3 is 10.2 Å². The van der Waals surface area contributed by atoms with Crippen LogP contribution in [0.25, 0.3) is 11.1 Å². The van der Waals surface area contributed by atoms with Crippen LogP contribution >= 0.6 is 34.8 Å². The monoisotopic (exact) mass is 288 g/mol. The first-order chi connectivity index (χ1) is 7.99. The molecule has 0 aliphatic carbocycles. The van der Waals surface area contributed by atoms with E-state index in [1.54, 1.807) is 6.07 Å². The lowest BCUT2D eigenvalue weighted by Gasteiger charge is -2.10. The molecule has 0 unspecified atom stereocenters. The fourth-order valence-corrected chi connectivity index (χ4v) is 2.47. The van der Waals surface area contributed by atoms with Gasteiger partial charge in [0, 0.05) is 11.1 Å². The molecule has 0 heterocycles. The third kappa shape index (κ3) is 2.44. The number of rotatable bonds is 1. The van der Waals surface area contributed by atoms with Gasteiger partial charge in [-0.1, -0.05) is 34.8 Å². The van der Waals surface area contributed by atoms with Gasteiger partial charge in [0.25, 0.3) is 0 Å². The third-order valence-corrected chi connectivity index (χ3v) is 3.16. The Kier molecular flexibility index (Phi) is 3.38. The van der Waals surface area contributed by atoms with Gasteiger partial charge in [-0.3, -0.25) is 0 Å². The summed E-state index contributed by atoms with van der Waals surface area (Å²) in [7, 11) is 0. The number of phenols is 2. The van der Waals surface area contributed by atoms with E-state index in [4.69, 9.17) is 34.8 Å². The molecule has 2 rings (SSSR count). The van der Waals surface area contributed by atoms with Crippen LogP contribution in [0.2, 0.25) is 15.1 Å². The van der Waals surface area contributed by atoms with Gasteiger partial charge in [-0.25, -0.2) is 0 Å². The van der Waals surface area contributed by atoms with Crippen molar-refractivity contribution >= 4 is 34.8 Å². The summed E-state index contributed by atoms with van der Waals surface area (Å²) in [6, 6.07) is 7.26. The topological polar surface area (TPSA) is 40.5 Å². The standard InChI is InChI=1S/C12H7Cl3O2/c13-9-3-6(16)1-2-8(9)12-10(14)4-7(17)5-11(12)15/h1-5,16-17H. The van der Waals surface area contributed by atoms with E-state index in [9.17, 15) is 10.2 Å². The summed E-state index contributed by atoms with van der Waals surface area (Å²) in [5.41, 5.74) is 1.12. The zero-order chi connectivity index (χ0) is 12.6. The number of aromatic hydroxyl groups is 2. The first-order valence-electron chi connectivity index (χ1n) is 4.66. The van der Waals surface area contributed by atoms with Crippen LogP contribution < -0.4 is 0 Å². The Morgan fingerprint density at radius 2 is 1.24 bits per heavy atom. The Hall–Kier alpha value is -1.09. The number of benzene rings is 2. The summed E-state index contributed by atoms with van der Waals surface area (Å²) in [6.45, 7) is 0. The molecule has 0 aromatic heterocycles. The molecule has 2 N–H and O–H groups in total. The second kappa shape index (κ2) is 4.65. The second-order valence-corrected chi connectivity index (χ2v) is 4.67. The van der Waals surface area contributed by atoms with Crippen LogP contribution in [0.5, 0.6) is 11.5 Å². The lowest BCUT2D eigenvalue weighted by atomic mass is 10.1. The van der Waals surface area contributed by atoms with Crippen molar-refractivity contribution in [1.82, 2.24) is 0 Å². The van der Waals surface area contributed by atoms with Gasteiger partial charge in [-0.2, -0.15) is 0 Å². The van der Waals surface area contributed by atoms with Crippen molar-refractivity contribution in [2.75, 3.05) is 0 Å². The summed E-state index contributed by atoms with van der Waals surface area (Å²) in [5.74, 6) is 0.0448.